The number of nitrogens with one attached hydrogen (secondary N) is 1. The molecule has 0 spiro atoms. The molecule has 0 aliphatic rings. The first-order valence-electron chi connectivity index (χ1n) is 6.08. The lowest BCUT2D eigenvalue weighted by atomic mass is 10.1. The number of hydrogen-bond acceptors (Lipinski definition) is 3. The van der Waals surface area contributed by atoms with Crippen molar-refractivity contribution < 1.29 is 19.1 Å². The third-order valence-electron chi connectivity index (χ3n) is 2.71. The Kier molecular flexibility index (Phi) is 4.24. The lowest BCUT2D eigenvalue weighted by Crippen LogP contribution is -2.27. The molecule has 1 heterocycles. The Bertz CT molecular complexity index is 658. The molecule has 0 bridgehead atoms. The number of pyridine rings is 1. The number of carboxylic acids is 1. The first kappa shape index (κ1) is 13.9. The second-order valence-electron chi connectivity index (χ2n) is 4.31. The topological polar surface area (TPSA) is 79.3 Å². The Morgan fingerprint density at radius 3 is 2.80 bits per heavy atom. The van der Waals surface area contributed by atoms with E-state index in [-0.39, 0.29) is 31.1 Å². The molecule has 0 saturated heterocycles. The molecule has 1 aromatic carbocycles. The van der Waals surface area contributed by atoms with Crippen LogP contribution in [0, 0.1) is 5.82 Å². The lowest BCUT2D eigenvalue weighted by molar-refractivity contribution is -0.136. The van der Waals surface area contributed by atoms with Gasteiger partial charge in [-0.05, 0) is 24.3 Å². The average Bonchev–Trinajstić information content (AvgIpc) is 2.38. The predicted molar refractivity (Wildman–Crippen MR) is 70.7 cm³/mol. The van der Waals surface area contributed by atoms with Gasteiger partial charge in [-0.1, -0.05) is 6.07 Å². The van der Waals surface area contributed by atoms with Crippen LogP contribution >= 0.6 is 0 Å². The largest absolute Gasteiger partial charge is 0.481 e. The van der Waals surface area contributed by atoms with Gasteiger partial charge in [0.05, 0.1) is 24.1 Å². The number of fused-ring (bicyclic) bond motifs is 1. The summed E-state index contributed by atoms with van der Waals surface area (Å²) in [4.78, 5) is 26.2. The van der Waals surface area contributed by atoms with Gasteiger partial charge in [0.2, 0.25) is 5.91 Å². The van der Waals surface area contributed by atoms with Gasteiger partial charge in [0, 0.05) is 11.9 Å². The quantitative estimate of drug-likeness (QED) is 0.867. The number of hydrogen-bond donors (Lipinski definition) is 2. The van der Waals surface area contributed by atoms with Crippen LogP contribution in [0.15, 0.2) is 30.3 Å². The minimum Gasteiger partial charge on any atom is -0.481 e. The number of aliphatic carboxylic acids is 1. The van der Waals surface area contributed by atoms with Gasteiger partial charge in [0.1, 0.15) is 5.82 Å². The van der Waals surface area contributed by atoms with Gasteiger partial charge in [0.15, 0.2) is 0 Å². The Balaban J connectivity index is 2.01. The van der Waals surface area contributed by atoms with Crippen molar-refractivity contribution in [2.75, 3.05) is 6.54 Å². The van der Waals surface area contributed by atoms with E-state index in [1.807, 2.05) is 0 Å². The number of benzene rings is 1. The van der Waals surface area contributed by atoms with Crippen molar-refractivity contribution >= 4 is 22.8 Å². The number of amides is 1. The van der Waals surface area contributed by atoms with Crippen LogP contribution in [0.25, 0.3) is 10.9 Å². The summed E-state index contributed by atoms with van der Waals surface area (Å²) in [6, 6.07) is 7.59. The fraction of sp³-hybridized carbons (Fsp3) is 0.214. The van der Waals surface area contributed by atoms with Crippen molar-refractivity contribution in [2.24, 2.45) is 0 Å². The molecule has 1 aromatic heterocycles. The number of carbonyl (C=O) groups excluding carboxylic acids is 1. The standard InChI is InChI=1S/C14H13FN2O3/c15-10-2-4-12-9(7-10)1-3-11(17-12)8-13(18)16-6-5-14(19)20/h1-4,7H,5-6,8H2,(H,16,18)(H,19,20). The zero-order valence-electron chi connectivity index (χ0n) is 10.6. The highest BCUT2D eigenvalue weighted by molar-refractivity contribution is 5.81. The van der Waals surface area contributed by atoms with Crippen LogP contribution in [0.4, 0.5) is 4.39 Å². The van der Waals surface area contributed by atoms with Gasteiger partial charge < -0.3 is 10.4 Å². The van der Waals surface area contributed by atoms with Crippen LogP contribution in [0.1, 0.15) is 12.1 Å². The molecule has 5 nitrogen and oxygen atoms in total. The second kappa shape index (κ2) is 6.10. The predicted octanol–water partition coefficient (Wildman–Crippen LogP) is 1.51. The third-order valence-corrected chi connectivity index (χ3v) is 2.71. The molecule has 1 amide bonds. The summed E-state index contributed by atoms with van der Waals surface area (Å²) in [6.45, 7) is 0.0902. The lowest BCUT2D eigenvalue weighted by Gasteiger charge is -2.04. The highest BCUT2D eigenvalue weighted by Crippen LogP contribution is 2.14. The molecule has 0 aliphatic heterocycles. The van der Waals surface area contributed by atoms with E-state index in [4.69, 9.17) is 5.11 Å². The molecule has 104 valence electrons. The van der Waals surface area contributed by atoms with Crippen molar-refractivity contribution in [1.29, 1.82) is 0 Å². The smallest absolute Gasteiger partial charge is 0.305 e. The SMILES string of the molecule is O=C(O)CCNC(=O)Cc1ccc2cc(F)ccc2n1. The van der Waals surface area contributed by atoms with Gasteiger partial charge in [-0.2, -0.15) is 0 Å². The van der Waals surface area contributed by atoms with Gasteiger partial charge in [-0.25, -0.2) is 4.39 Å². The van der Waals surface area contributed by atoms with Crippen molar-refractivity contribution in [2.45, 2.75) is 12.8 Å². The summed E-state index contributed by atoms with van der Waals surface area (Å²) < 4.78 is 13.0. The molecular formula is C14H13FN2O3. The van der Waals surface area contributed by atoms with E-state index < -0.39 is 5.97 Å². The van der Waals surface area contributed by atoms with Gasteiger partial charge in [-0.3, -0.25) is 14.6 Å². The van der Waals surface area contributed by atoms with Crippen LogP contribution in [0.2, 0.25) is 0 Å². The molecule has 20 heavy (non-hydrogen) atoms. The molecule has 0 aliphatic carbocycles. The highest BCUT2D eigenvalue weighted by Gasteiger charge is 2.06. The summed E-state index contributed by atoms with van der Waals surface area (Å²) in [5.74, 6) is -1.59. The summed E-state index contributed by atoms with van der Waals surface area (Å²) in [5.41, 5.74) is 1.17. The molecule has 2 aromatic rings. The molecular weight excluding hydrogens is 263 g/mol. The van der Waals surface area contributed by atoms with Crippen molar-refractivity contribution in [3.63, 3.8) is 0 Å². The summed E-state index contributed by atoms with van der Waals surface area (Å²) in [5, 5.41) is 11.6. The van der Waals surface area contributed by atoms with E-state index in [1.165, 1.54) is 12.1 Å². The fourth-order valence-corrected chi connectivity index (χ4v) is 1.77. The Morgan fingerprint density at radius 2 is 2.05 bits per heavy atom. The average molecular weight is 276 g/mol. The third kappa shape index (κ3) is 3.74. The normalized spacial score (nSPS) is 10.4. The van der Waals surface area contributed by atoms with Crippen LogP contribution in [0.5, 0.6) is 0 Å². The number of nitrogens with zero attached hydrogens (tertiary/aromatic N) is 1. The Morgan fingerprint density at radius 1 is 1.25 bits per heavy atom. The number of carbonyl (C=O) groups is 2. The van der Waals surface area contributed by atoms with Crippen molar-refractivity contribution in [3.05, 3.63) is 41.8 Å². The van der Waals surface area contributed by atoms with Gasteiger partial charge in [0.25, 0.3) is 0 Å². The molecule has 0 saturated carbocycles. The number of aromatic nitrogens is 1. The summed E-state index contributed by atoms with van der Waals surface area (Å²) in [6.07, 6.45) is -0.0525. The van der Waals surface area contributed by atoms with E-state index >= 15 is 0 Å². The first-order valence-corrected chi connectivity index (χ1v) is 6.08. The minimum absolute atomic E-state index is 0.0624. The number of carboxylic acid groups (broad SMARTS) is 1. The molecule has 0 fully saturated rings. The minimum atomic E-state index is -0.962. The number of rotatable bonds is 5. The van der Waals surface area contributed by atoms with E-state index in [1.54, 1.807) is 18.2 Å². The maximum Gasteiger partial charge on any atom is 0.305 e. The van der Waals surface area contributed by atoms with E-state index in [2.05, 4.69) is 10.3 Å². The maximum atomic E-state index is 13.0. The fourth-order valence-electron chi connectivity index (χ4n) is 1.77. The van der Waals surface area contributed by atoms with Crippen LogP contribution in [-0.4, -0.2) is 28.5 Å². The molecule has 0 unspecified atom stereocenters. The zero-order valence-corrected chi connectivity index (χ0v) is 10.6. The molecule has 2 rings (SSSR count). The van der Waals surface area contributed by atoms with E-state index in [0.29, 0.717) is 16.6 Å². The zero-order chi connectivity index (χ0) is 14.5. The molecule has 2 N–H and O–H groups in total. The van der Waals surface area contributed by atoms with Gasteiger partial charge >= 0.3 is 5.97 Å². The summed E-state index contributed by atoms with van der Waals surface area (Å²) >= 11 is 0. The monoisotopic (exact) mass is 276 g/mol. The van der Waals surface area contributed by atoms with E-state index in [9.17, 15) is 14.0 Å². The van der Waals surface area contributed by atoms with Crippen LogP contribution in [-0.2, 0) is 16.0 Å². The van der Waals surface area contributed by atoms with Crippen LogP contribution < -0.4 is 5.32 Å². The maximum absolute atomic E-state index is 13.0. The van der Waals surface area contributed by atoms with Crippen molar-refractivity contribution in [1.82, 2.24) is 10.3 Å². The number of halogens is 1. The molecule has 6 heteroatoms. The second-order valence-corrected chi connectivity index (χ2v) is 4.31. The Hall–Kier alpha value is -2.50. The first-order chi connectivity index (χ1) is 9.54. The van der Waals surface area contributed by atoms with Crippen LogP contribution in [0.3, 0.4) is 0 Å². The van der Waals surface area contributed by atoms with E-state index in [0.717, 1.165) is 0 Å². The Labute approximate surface area is 114 Å². The summed E-state index contributed by atoms with van der Waals surface area (Å²) in [7, 11) is 0. The van der Waals surface area contributed by atoms with Gasteiger partial charge in [-0.15, -0.1) is 0 Å². The molecule has 0 atom stereocenters. The highest BCUT2D eigenvalue weighted by atomic mass is 19.1. The van der Waals surface area contributed by atoms with Crippen molar-refractivity contribution in [3.8, 4) is 0 Å². The molecule has 0 radical (unpaired) electrons.